The summed E-state index contributed by atoms with van der Waals surface area (Å²) in [5, 5.41) is 19.5. The van der Waals surface area contributed by atoms with Gasteiger partial charge in [0.25, 0.3) is 0 Å². The van der Waals surface area contributed by atoms with Gasteiger partial charge >= 0.3 is 11.9 Å². The van der Waals surface area contributed by atoms with E-state index in [1.165, 1.54) is 50.6 Å². The third kappa shape index (κ3) is 3.37. The molecule has 2 aromatic carbocycles. The number of aliphatic carboxylic acids is 2. The summed E-state index contributed by atoms with van der Waals surface area (Å²) in [6.07, 6.45) is 0. The molecule has 0 spiro atoms. The van der Waals surface area contributed by atoms with E-state index in [1.54, 1.807) is 0 Å². The number of ether oxygens (including phenoxy) is 4. The minimum atomic E-state index is -1.39. The van der Waals surface area contributed by atoms with Crippen molar-refractivity contribution < 1.29 is 38.7 Å². The van der Waals surface area contributed by atoms with Crippen LogP contribution in [0.4, 0.5) is 0 Å². The second-order valence-corrected chi connectivity index (χ2v) is 5.50. The average molecular weight is 372 g/mol. The second-order valence-electron chi connectivity index (χ2n) is 5.50. The van der Waals surface area contributed by atoms with Crippen molar-refractivity contribution in [2.24, 2.45) is 0 Å². The van der Waals surface area contributed by atoms with E-state index < -0.39 is 11.9 Å². The van der Waals surface area contributed by atoms with Crippen molar-refractivity contribution in [3.63, 3.8) is 0 Å². The van der Waals surface area contributed by atoms with Gasteiger partial charge < -0.3 is 29.2 Å². The molecule has 0 fully saturated rings. The second kappa shape index (κ2) is 7.28. The minimum Gasteiger partial charge on any atom is -0.493 e. The summed E-state index contributed by atoms with van der Waals surface area (Å²) in [6, 6.07) is 8.83. The highest BCUT2D eigenvalue weighted by atomic mass is 16.7. The maximum atomic E-state index is 12.0. The zero-order chi connectivity index (χ0) is 19.6. The first kappa shape index (κ1) is 18.1. The van der Waals surface area contributed by atoms with Crippen molar-refractivity contribution >= 4 is 23.1 Å². The van der Waals surface area contributed by atoms with Crippen molar-refractivity contribution in [3.8, 4) is 23.0 Å². The first-order valence-electron chi connectivity index (χ1n) is 7.79. The number of carbonyl (C=O) groups is 2. The Hall–Kier alpha value is -3.68. The third-order valence-electron chi connectivity index (χ3n) is 4.01. The summed E-state index contributed by atoms with van der Waals surface area (Å²) in [4.78, 5) is 23.9. The Bertz CT molecular complexity index is 945. The van der Waals surface area contributed by atoms with Crippen LogP contribution < -0.4 is 18.9 Å². The van der Waals surface area contributed by atoms with Gasteiger partial charge in [-0.05, 0) is 35.4 Å². The SMILES string of the molecule is COc1ccc(C(C(=O)O)=C(C(=O)O)c2ccc3c(c2)OCO3)cc1OC. The fourth-order valence-corrected chi connectivity index (χ4v) is 2.79. The van der Waals surface area contributed by atoms with E-state index >= 15 is 0 Å². The molecule has 2 aromatic rings. The fraction of sp³-hybridized carbons (Fsp3) is 0.158. The first-order valence-corrected chi connectivity index (χ1v) is 7.79. The van der Waals surface area contributed by atoms with Gasteiger partial charge in [0, 0.05) is 0 Å². The summed E-state index contributed by atoms with van der Waals surface area (Å²) in [5.74, 6) is -1.29. The smallest absolute Gasteiger partial charge is 0.337 e. The molecular formula is C19H16O8. The Labute approximate surface area is 154 Å². The Kier molecular flexibility index (Phi) is 4.89. The predicted octanol–water partition coefficient (Wildman–Crippen LogP) is 2.51. The average Bonchev–Trinajstić information content (AvgIpc) is 3.12. The molecule has 0 aliphatic carbocycles. The molecular weight excluding hydrogens is 356 g/mol. The zero-order valence-electron chi connectivity index (χ0n) is 14.5. The van der Waals surface area contributed by atoms with Gasteiger partial charge in [-0.25, -0.2) is 9.59 Å². The molecule has 3 rings (SSSR count). The molecule has 1 aliphatic rings. The van der Waals surface area contributed by atoms with Crippen LogP contribution >= 0.6 is 0 Å². The quantitative estimate of drug-likeness (QED) is 0.588. The van der Waals surface area contributed by atoms with Crippen LogP contribution in [0, 0.1) is 0 Å². The van der Waals surface area contributed by atoms with Crippen molar-refractivity contribution in [2.75, 3.05) is 21.0 Å². The van der Waals surface area contributed by atoms with Gasteiger partial charge in [-0.2, -0.15) is 0 Å². The molecule has 0 aromatic heterocycles. The van der Waals surface area contributed by atoms with Crippen LogP contribution in [-0.2, 0) is 9.59 Å². The number of carboxylic acids is 2. The monoisotopic (exact) mass is 372 g/mol. The highest BCUT2D eigenvalue weighted by Crippen LogP contribution is 2.38. The number of hydrogen-bond donors (Lipinski definition) is 2. The molecule has 0 amide bonds. The third-order valence-corrected chi connectivity index (χ3v) is 4.01. The van der Waals surface area contributed by atoms with Gasteiger partial charge in [0.2, 0.25) is 6.79 Å². The van der Waals surface area contributed by atoms with Crippen LogP contribution in [0.25, 0.3) is 11.1 Å². The van der Waals surface area contributed by atoms with Crippen LogP contribution in [0.2, 0.25) is 0 Å². The van der Waals surface area contributed by atoms with E-state index in [-0.39, 0.29) is 34.8 Å². The van der Waals surface area contributed by atoms with Gasteiger partial charge in [-0.1, -0.05) is 12.1 Å². The number of benzene rings is 2. The summed E-state index contributed by atoms with van der Waals surface area (Å²) in [7, 11) is 2.85. The molecule has 0 bridgehead atoms. The molecule has 0 atom stereocenters. The zero-order valence-corrected chi connectivity index (χ0v) is 14.5. The number of rotatable bonds is 6. The molecule has 27 heavy (non-hydrogen) atoms. The Morgan fingerprint density at radius 3 is 1.96 bits per heavy atom. The van der Waals surface area contributed by atoms with E-state index in [0.717, 1.165) is 0 Å². The molecule has 0 radical (unpaired) electrons. The van der Waals surface area contributed by atoms with Crippen molar-refractivity contribution in [1.29, 1.82) is 0 Å². The molecule has 1 aliphatic heterocycles. The molecule has 8 nitrogen and oxygen atoms in total. The van der Waals surface area contributed by atoms with Crippen molar-refractivity contribution in [2.45, 2.75) is 0 Å². The largest absolute Gasteiger partial charge is 0.493 e. The summed E-state index contributed by atoms with van der Waals surface area (Å²) < 4.78 is 20.8. The molecule has 0 saturated carbocycles. The van der Waals surface area contributed by atoms with Gasteiger partial charge in [0.05, 0.1) is 25.4 Å². The van der Waals surface area contributed by atoms with Gasteiger partial charge in [0.1, 0.15) is 0 Å². The lowest BCUT2D eigenvalue weighted by Crippen LogP contribution is -2.10. The van der Waals surface area contributed by atoms with Crippen LogP contribution in [0.3, 0.4) is 0 Å². The molecule has 8 heteroatoms. The van der Waals surface area contributed by atoms with Crippen LogP contribution in [-0.4, -0.2) is 43.2 Å². The lowest BCUT2D eigenvalue weighted by molar-refractivity contribution is -0.132. The van der Waals surface area contributed by atoms with Crippen molar-refractivity contribution in [3.05, 3.63) is 47.5 Å². The predicted molar refractivity (Wildman–Crippen MR) is 94.2 cm³/mol. The van der Waals surface area contributed by atoms with Gasteiger partial charge in [-0.15, -0.1) is 0 Å². The Morgan fingerprint density at radius 1 is 0.815 bits per heavy atom. The molecule has 0 saturated heterocycles. The summed E-state index contributed by atoms with van der Waals surface area (Å²) in [6.45, 7) is 0.0202. The van der Waals surface area contributed by atoms with E-state index in [1.807, 2.05) is 0 Å². The van der Waals surface area contributed by atoms with Crippen LogP contribution in [0.5, 0.6) is 23.0 Å². The minimum absolute atomic E-state index is 0.0202. The molecule has 2 N–H and O–H groups in total. The normalized spacial score (nSPS) is 13.0. The van der Waals surface area contributed by atoms with Gasteiger partial charge in [0.15, 0.2) is 23.0 Å². The lowest BCUT2D eigenvalue weighted by atomic mass is 9.94. The lowest BCUT2D eigenvalue weighted by Gasteiger charge is -2.13. The topological polar surface area (TPSA) is 112 Å². The van der Waals surface area contributed by atoms with Crippen LogP contribution in [0.1, 0.15) is 11.1 Å². The number of fused-ring (bicyclic) bond motifs is 1. The molecule has 1 heterocycles. The van der Waals surface area contributed by atoms with E-state index in [0.29, 0.717) is 17.2 Å². The molecule has 0 unspecified atom stereocenters. The van der Waals surface area contributed by atoms with Crippen LogP contribution in [0.15, 0.2) is 36.4 Å². The Morgan fingerprint density at radius 2 is 1.37 bits per heavy atom. The van der Waals surface area contributed by atoms with Gasteiger partial charge in [-0.3, -0.25) is 0 Å². The number of hydrogen-bond acceptors (Lipinski definition) is 6. The summed E-state index contributed by atoms with van der Waals surface area (Å²) in [5.41, 5.74) is -0.426. The molecule has 140 valence electrons. The highest BCUT2D eigenvalue weighted by molar-refractivity contribution is 6.36. The maximum Gasteiger partial charge on any atom is 0.337 e. The fourth-order valence-electron chi connectivity index (χ4n) is 2.79. The van der Waals surface area contributed by atoms with E-state index in [2.05, 4.69) is 0 Å². The Balaban J connectivity index is 2.23. The number of carboxylic acid groups (broad SMARTS) is 2. The standard InChI is InChI=1S/C19H16O8/c1-24-12-5-3-10(7-14(12)25-2)16(18(20)21)17(19(22)23)11-4-6-13-15(8-11)27-9-26-13/h3-8H,9H2,1-2H3,(H,20,21)(H,22,23). The van der Waals surface area contributed by atoms with E-state index in [4.69, 9.17) is 18.9 Å². The van der Waals surface area contributed by atoms with Crippen molar-refractivity contribution in [1.82, 2.24) is 0 Å². The number of methoxy groups -OCH3 is 2. The summed E-state index contributed by atoms with van der Waals surface area (Å²) >= 11 is 0. The van der Waals surface area contributed by atoms with E-state index in [9.17, 15) is 19.8 Å². The highest BCUT2D eigenvalue weighted by Gasteiger charge is 2.26. The first-order chi connectivity index (χ1) is 13.0. The maximum absolute atomic E-state index is 12.0.